The Hall–Kier alpha value is -1.46. The van der Waals surface area contributed by atoms with Crippen LogP contribution in [0.15, 0.2) is 18.2 Å². The molecule has 1 saturated heterocycles. The van der Waals surface area contributed by atoms with E-state index in [0.717, 1.165) is 31.5 Å². The monoisotopic (exact) mass is 267 g/mol. The van der Waals surface area contributed by atoms with Crippen LogP contribution >= 0.6 is 0 Å². The second-order valence-corrected chi connectivity index (χ2v) is 4.85. The van der Waals surface area contributed by atoms with Gasteiger partial charge in [0.25, 0.3) is 0 Å². The first-order chi connectivity index (χ1) is 9.10. The normalized spacial score (nSPS) is 20.4. The molecule has 1 atom stereocenters. The molecule has 1 N–H and O–H groups in total. The lowest BCUT2D eigenvalue weighted by Crippen LogP contribution is -2.38. The van der Waals surface area contributed by atoms with E-state index >= 15 is 0 Å². The van der Waals surface area contributed by atoms with Gasteiger partial charge in [-0.2, -0.15) is 0 Å². The molecule has 0 amide bonds. The fourth-order valence-corrected chi connectivity index (χ4v) is 2.44. The fraction of sp³-hybridized carbons (Fsp3) is 0.500. The number of halogens is 1. The van der Waals surface area contributed by atoms with E-state index in [1.54, 1.807) is 13.2 Å². The smallest absolute Gasteiger partial charge is 0.338 e. The molecule has 0 aliphatic carbocycles. The highest BCUT2D eigenvalue weighted by molar-refractivity contribution is 5.88. The minimum absolute atomic E-state index is 0.230. The van der Waals surface area contributed by atoms with Gasteiger partial charge in [0, 0.05) is 20.2 Å². The number of likely N-dealkylation sites (tertiary alicyclic amines) is 1. The van der Waals surface area contributed by atoms with Crippen LogP contribution in [0.3, 0.4) is 0 Å². The van der Waals surface area contributed by atoms with Gasteiger partial charge in [-0.1, -0.05) is 6.07 Å². The second-order valence-electron chi connectivity index (χ2n) is 4.85. The molecule has 5 heteroatoms. The molecule has 1 aliphatic heterocycles. The predicted octanol–water partition coefficient (Wildman–Crippen LogP) is 2.13. The number of carboxylic acids is 1. The van der Waals surface area contributed by atoms with Gasteiger partial charge in [-0.05, 0) is 37.1 Å². The Bertz CT molecular complexity index is 464. The van der Waals surface area contributed by atoms with Crippen molar-refractivity contribution >= 4 is 5.97 Å². The zero-order valence-electron chi connectivity index (χ0n) is 10.9. The molecule has 1 fully saturated rings. The molecular formula is C14H18FNO3. The van der Waals surface area contributed by atoms with E-state index in [1.807, 2.05) is 0 Å². The van der Waals surface area contributed by atoms with Crippen LogP contribution in [0.25, 0.3) is 0 Å². The van der Waals surface area contributed by atoms with Crippen molar-refractivity contribution in [3.63, 3.8) is 0 Å². The zero-order chi connectivity index (χ0) is 13.8. The Morgan fingerprint density at radius 2 is 2.37 bits per heavy atom. The highest BCUT2D eigenvalue weighted by Gasteiger charge is 2.20. The number of benzene rings is 1. The van der Waals surface area contributed by atoms with Gasteiger partial charge in [-0.3, -0.25) is 4.90 Å². The molecule has 0 radical (unpaired) electrons. The molecule has 1 heterocycles. The van der Waals surface area contributed by atoms with Crippen LogP contribution in [0.4, 0.5) is 4.39 Å². The summed E-state index contributed by atoms with van der Waals surface area (Å²) < 4.78 is 18.6. The van der Waals surface area contributed by atoms with Crippen molar-refractivity contribution in [1.82, 2.24) is 4.90 Å². The first-order valence-corrected chi connectivity index (χ1v) is 6.37. The first-order valence-electron chi connectivity index (χ1n) is 6.37. The minimum atomic E-state index is -1.23. The summed E-state index contributed by atoms with van der Waals surface area (Å²) in [7, 11) is 1.70. The predicted molar refractivity (Wildman–Crippen MR) is 68.7 cm³/mol. The highest BCUT2D eigenvalue weighted by atomic mass is 19.1. The van der Waals surface area contributed by atoms with E-state index in [-0.39, 0.29) is 11.7 Å². The molecule has 4 nitrogen and oxygen atoms in total. The molecule has 1 aromatic carbocycles. The molecule has 0 bridgehead atoms. The van der Waals surface area contributed by atoms with E-state index in [9.17, 15) is 9.18 Å². The molecular weight excluding hydrogens is 249 g/mol. The number of ether oxygens (including phenoxy) is 1. The standard InChI is InChI=1S/C14H18FNO3/c1-19-11-3-2-6-16(9-11)8-10-4-5-13(15)12(7-10)14(17)18/h4-5,7,11H,2-3,6,8-9H2,1H3,(H,17,18). The van der Waals surface area contributed by atoms with Crippen LogP contribution in [-0.4, -0.2) is 42.3 Å². The van der Waals surface area contributed by atoms with Crippen molar-refractivity contribution in [1.29, 1.82) is 0 Å². The van der Waals surface area contributed by atoms with Gasteiger partial charge in [0.2, 0.25) is 0 Å². The van der Waals surface area contributed by atoms with Crippen molar-refractivity contribution in [2.24, 2.45) is 0 Å². The van der Waals surface area contributed by atoms with E-state index < -0.39 is 11.8 Å². The zero-order valence-corrected chi connectivity index (χ0v) is 10.9. The van der Waals surface area contributed by atoms with E-state index in [1.165, 1.54) is 12.1 Å². The molecule has 0 spiro atoms. The molecule has 19 heavy (non-hydrogen) atoms. The molecule has 1 aromatic rings. The summed E-state index contributed by atoms with van der Waals surface area (Å²) in [6.07, 6.45) is 2.34. The number of aromatic carboxylic acids is 1. The van der Waals surface area contributed by atoms with Crippen molar-refractivity contribution in [2.45, 2.75) is 25.5 Å². The maximum absolute atomic E-state index is 13.3. The summed E-state index contributed by atoms with van der Waals surface area (Å²) in [4.78, 5) is 13.1. The summed E-state index contributed by atoms with van der Waals surface area (Å²) in [6, 6.07) is 4.27. The Morgan fingerprint density at radius 3 is 3.05 bits per heavy atom. The first kappa shape index (κ1) is 14.0. The number of carboxylic acid groups (broad SMARTS) is 1. The average Bonchev–Trinajstić information content (AvgIpc) is 2.41. The largest absolute Gasteiger partial charge is 0.478 e. The minimum Gasteiger partial charge on any atom is -0.478 e. The third kappa shape index (κ3) is 3.52. The number of carbonyl (C=O) groups is 1. The van der Waals surface area contributed by atoms with Gasteiger partial charge in [0.1, 0.15) is 5.82 Å². The molecule has 0 aromatic heterocycles. The SMILES string of the molecule is COC1CCCN(Cc2ccc(F)c(C(=O)O)c2)C1. The molecule has 2 rings (SSSR count). The van der Waals surface area contributed by atoms with Gasteiger partial charge in [-0.25, -0.2) is 9.18 Å². The van der Waals surface area contributed by atoms with Crippen LogP contribution in [0.1, 0.15) is 28.8 Å². The third-order valence-corrected chi connectivity index (χ3v) is 3.46. The Morgan fingerprint density at radius 1 is 1.58 bits per heavy atom. The van der Waals surface area contributed by atoms with Crippen LogP contribution < -0.4 is 0 Å². The number of hydrogen-bond acceptors (Lipinski definition) is 3. The lowest BCUT2D eigenvalue weighted by molar-refractivity contribution is 0.0285. The van der Waals surface area contributed by atoms with Gasteiger partial charge >= 0.3 is 5.97 Å². The average molecular weight is 267 g/mol. The number of piperidine rings is 1. The maximum atomic E-state index is 13.3. The molecule has 104 valence electrons. The summed E-state index contributed by atoms with van der Waals surface area (Å²) in [6.45, 7) is 2.41. The number of hydrogen-bond donors (Lipinski definition) is 1. The van der Waals surface area contributed by atoms with Crippen molar-refractivity contribution in [3.8, 4) is 0 Å². The van der Waals surface area contributed by atoms with Gasteiger partial charge < -0.3 is 9.84 Å². The summed E-state index contributed by atoms with van der Waals surface area (Å²) in [5.74, 6) is -1.92. The summed E-state index contributed by atoms with van der Waals surface area (Å²) in [5.41, 5.74) is 0.549. The summed E-state index contributed by atoms with van der Waals surface area (Å²) >= 11 is 0. The lowest BCUT2D eigenvalue weighted by Gasteiger charge is -2.31. The number of methoxy groups -OCH3 is 1. The molecule has 1 unspecified atom stereocenters. The van der Waals surface area contributed by atoms with E-state index in [0.29, 0.717) is 6.54 Å². The fourth-order valence-electron chi connectivity index (χ4n) is 2.44. The quantitative estimate of drug-likeness (QED) is 0.908. The molecule has 1 aliphatic rings. The van der Waals surface area contributed by atoms with Crippen LogP contribution in [0, 0.1) is 5.82 Å². The van der Waals surface area contributed by atoms with E-state index in [2.05, 4.69) is 4.90 Å². The summed E-state index contributed by atoms with van der Waals surface area (Å²) in [5, 5.41) is 8.90. The Labute approximate surface area is 111 Å². The van der Waals surface area contributed by atoms with Crippen molar-refractivity contribution < 1.29 is 19.0 Å². The number of nitrogens with zero attached hydrogens (tertiary/aromatic N) is 1. The van der Waals surface area contributed by atoms with E-state index in [4.69, 9.17) is 9.84 Å². The maximum Gasteiger partial charge on any atom is 0.338 e. The Kier molecular flexibility index (Phi) is 4.50. The second kappa shape index (κ2) is 6.12. The van der Waals surface area contributed by atoms with Crippen LogP contribution in [0.5, 0.6) is 0 Å². The van der Waals surface area contributed by atoms with Gasteiger partial charge in [0.15, 0.2) is 0 Å². The van der Waals surface area contributed by atoms with Gasteiger partial charge in [0.05, 0.1) is 11.7 Å². The molecule has 0 saturated carbocycles. The van der Waals surface area contributed by atoms with Crippen molar-refractivity contribution in [3.05, 3.63) is 35.1 Å². The van der Waals surface area contributed by atoms with Crippen LogP contribution in [0.2, 0.25) is 0 Å². The van der Waals surface area contributed by atoms with Crippen molar-refractivity contribution in [2.75, 3.05) is 20.2 Å². The number of rotatable bonds is 4. The third-order valence-electron chi connectivity index (χ3n) is 3.46. The lowest BCUT2D eigenvalue weighted by atomic mass is 10.1. The topological polar surface area (TPSA) is 49.8 Å². The Balaban J connectivity index is 2.06. The van der Waals surface area contributed by atoms with Crippen LogP contribution in [-0.2, 0) is 11.3 Å². The highest BCUT2D eigenvalue weighted by Crippen LogP contribution is 2.17. The van der Waals surface area contributed by atoms with Gasteiger partial charge in [-0.15, -0.1) is 0 Å².